The predicted octanol–water partition coefficient (Wildman–Crippen LogP) is 1.19. The molecule has 2 fully saturated rings. The maximum atomic E-state index is 11.8. The Balaban J connectivity index is 1.63. The Kier molecular flexibility index (Phi) is 4.80. The highest BCUT2D eigenvalue weighted by atomic mass is 16.5. The highest BCUT2D eigenvalue weighted by molar-refractivity contribution is 5.76. The van der Waals surface area contributed by atoms with Crippen LogP contribution < -0.4 is 11.1 Å². The minimum atomic E-state index is 0.183. The molecule has 1 saturated carbocycles. The van der Waals surface area contributed by atoms with Crippen LogP contribution in [0.5, 0.6) is 0 Å². The van der Waals surface area contributed by atoms with E-state index >= 15 is 0 Å². The van der Waals surface area contributed by atoms with Gasteiger partial charge >= 0.3 is 0 Å². The van der Waals surface area contributed by atoms with Crippen LogP contribution in [0.3, 0.4) is 0 Å². The number of ether oxygens (including phenoxy) is 1. The Morgan fingerprint density at radius 1 is 1.24 bits per heavy atom. The highest BCUT2D eigenvalue weighted by Gasteiger charge is 2.40. The smallest absolute Gasteiger partial charge is 0.220 e. The number of rotatable bonds is 7. The van der Waals surface area contributed by atoms with E-state index in [4.69, 9.17) is 10.5 Å². The van der Waals surface area contributed by atoms with Crippen LogP contribution in [0.15, 0.2) is 0 Å². The standard InChI is InChI=1S/C13H24N2O2/c14-8-3-1-2-4-12(16)15-11-7-9-17-13(11)10-5-6-10/h10-11,13H,1-9,14H2,(H,15,16). The van der Waals surface area contributed by atoms with Crippen LogP contribution in [0.2, 0.25) is 0 Å². The van der Waals surface area contributed by atoms with Crippen LogP contribution in [0.4, 0.5) is 0 Å². The second kappa shape index (κ2) is 6.36. The number of carbonyl (C=O) groups excluding carboxylic acids is 1. The third-order valence-electron chi connectivity index (χ3n) is 3.68. The van der Waals surface area contributed by atoms with Gasteiger partial charge in [-0.1, -0.05) is 6.42 Å². The average molecular weight is 240 g/mol. The molecule has 2 unspecified atom stereocenters. The molecule has 2 rings (SSSR count). The summed E-state index contributed by atoms with van der Waals surface area (Å²) in [6, 6.07) is 0.268. The lowest BCUT2D eigenvalue weighted by molar-refractivity contribution is -0.122. The molecule has 4 heteroatoms. The molecule has 1 aliphatic carbocycles. The van der Waals surface area contributed by atoms with E-state index < -0.39 is 0 Å². The molecule has 4 nitrogen and oxygen atoms in total. The van der Waals surface area contributed by atoms with Gasteiger partial charge in [0.1, 0.15) is 0 Å². The molecular formula is C13H24N2O2. The number of unbranched alkanes of at least 4 members (excludes halogenated alkanes) is 2. The Hall–Kier alpha value is -0.610. The zero-order valence-corrected chi connectivity index (χ0v) is 10.5. The summed E-state index contributed by atoms with van der Waals surface area (Å²) >= 11 is 0. The summed E-state index contributed by atoms with van der Waals surface area (Å²) < 4.78 is 5.70. The Bertz CT molecular complexity index is 254. The molecule has 0 bridgehead atoms. The van der Waals surface area contributed by atoms with Gasteiger partial charge in [0.25, 0.3) is 0 Å². The van der Waals surface area contributed by atoms with E-state index in [1.807, 2.05) is 0 Å². The molecule has 17 heavy (non-hydrogen) atoms. The molecular weight excluding hydrogens is 216 g/mol. The van der Waals surface area contributed by atoms with Crippen molar-refractivity contribution in [3.63, 3.8) is 0 Å². The fourth-order valence-electron chi connectivity index (χ4n) is 2.54. The number of amides is 1. The van der Waals surface area contributed by atoms with Gasteiger partial charge in [-0.2, -0.15) is 0 Å². The van der Waals surface area contributed by atoms with E-state index in [0.29, 0.717) is 18.4 Å². The van der Waals surface area contributed by atoms with Gasteiger partial charge in [-0.05, 0) is 44.6 Å². The molecule has 1 heterocycles. The van der Waals surface area contributed by atoms with Crippen LogP contribution in [-0.2, 0) is 9.53 Å². The molecule has 98 valence electrons. The summed E-state index contributed by atoms with van der Waals surface area (Å²) in [5.74, 6) is 0.892. The minimum Gasteiger partial charge on any atom is -0.376 e. The summed E-state index contributed by atoms with van der Waals surface area (Å²) in [6.45, 7) is 1.53. The van der Waals surface area contributed by atoms with Crippen LogP contribution in [0.25, 0.3) is 0 Å². The monoisotopic (exact) mass is 240 g/mol. The molecule has 3 N–H and O–H groups in total. The van der Waals surface area contributed by atoms with Crippen molar-refractivity contribution < 1.29 is 9.53 Å². The van der Waals surface area contributed by atoms with Gasteiger partial charge in [0, 0.05) is 13.0 Å². The van der Waals surface area contributed by atoms with E-state index in [-0.39, 0.29) is 11.9 Å². The first-order valence-electron chi connectivity index (χ1n) is 6.92. The topological polar surface area (TPSA) is 64.4 Å². The zero-order valence-electron chi connectivity index (χ0n) is 10.5. The molecule has 2 atom stereocenters. The first-order valence-corrected chi connectivity index (χ1v) is 6.92. The number of nitrogens with one attached hydrogen (secondary N) is 1. The van der Waals surface area contributed by atoms with Gasteiger partial charge in [0.2, 0.25) is 5.91 Å². The van der Waals surface area contributed by atoms with Gasteiger partial charge in [0.05, 0.1) is 12.1 Å². The number of hydrogen-bond acceptors (Lipinski definition) is 3. The largest absolute Gasteiger partial charge is 0.376 e. The summed E-state index contributed by atoms with van der Waals surface area (Å²) in [5.41, 5.74) is 5.42. The van der Waals surface area contributed by atoms with Gasteiger partial charge in [0.15, 0.2) is 0 Å². The van der Waals surface area contributed by atoms with E-state index in [1.54, 1.807) is 0 Å². The van der Waals surface area contributed by atoms with Crippen molar-refractivity contribution in [2.75, 3.05) is 13.2 Å². The lowest BCUT2D eigenvalue weighted by Crippen LogP contribution is -2.41. The maximum absolute atomic E-state index is 11.8. The first-order chi connectivity index (χ1) is 8.31. The Labute approximate surface area is 103 Å². The normalized spacial score (nSPS) is 28.3. The Morgan fingerprint density at radius 3 is 2.76 bits per heavy atom. The van der Waals surface area contributed by atoms with Crippen molar-refractivity contribution >= 4 is 5.91 Å². The molecule has 0 radical (unpaired) electrons. The van der Waals surface area contributed by atoms with Crippen molar-refractivity contribution in [3.8, 4) is 0 Å². The first kappa shape index (κ1) is 12.8. The SMILES string of the molecule is NCCCCCC(=O)NC1CCOC1C1CC1. The third-order valence-corrected chi connectivity index (χ3v) is 3.68. The zero-order chi connectivity index (χ0) is 12.1. The summed E-state index contributed by atoms with van der Waals surface area (Å²) in [4.78, 5) is 11.8. The van der Waals surface area contributed by atoms with Crippen molar-refractivity contribution in [1.82, 2.24) is 5.32 Å². The average Bonchev–Trinajstić information content (AvgIpc) is 3.06. The van der Waals surface area contributed by atoms with Crippen LogP contribution in [0, 0.1) is 5.92 Å². The second-order valence-corrected chi connectivity index (χ2v) is 5.23. The molecule has 0 aromatic carbocycles. The number of carbonyl (C=O) groups is 1. The van der Waals surface area contributed by atoms with Crippen molar-refractivity contribution in [2.24, 2.45) is 11.7 Å². The fourth-order valence-corrected chi connectivity index (χ4v) is 2.54. The van der Waals surface area contributed by atoms with E-state index in [9.17, 15) is 4.79 Å². The molecule has 1 aliphatic heterocycles. The van der Waals surface area contributed by atoms with Crippen molar-refractivity contribution in [3.05, 3.63) is 0 Å². The lowest BCUT2D eigenvalue weighted by atomic mass is 10.1. The molecule has 0 aromatic heterocycles. The second-order valence-electron chi connectivity index (χ2n) is 5.23. The quantitative estimate of drug-likeness (QED) is 0.657. The number of hydrogen-bond donors (Lipinski definition) is 2. The maximum Gasteiger partial charge on any atom is 0.220 e. The van der Waals surface area contributed by atoms with Crippen molar-refractivity contribution in [1.29, 1.82) is 0 Å². The third kappa shape index (κ3) is 3.96. The molecule has 1 amide bonds. The molecule has 0 aromatic rings. The van der Waals surface area contributed by atoms with Crippen molar-refractivity contribution in [2.45, 2.75) is 57.1 Å². The molecule has 0 spiro atoms. The van der Waals surface area contributed by atoms with E-state index in [2.05, 4.69) is 5.32 Å². The fraction of sp³-hybridized carbons (Fsp3) is 0.923. The summed E-state index contributed by atoms with van der Waals surface area (Å²) in [7, 11) is 0. The molecule has 1 saturated heterocycles. The predicted molar refractivity (Wildman–Crippen MR) is 66.5 cm³/mol. The summed E-state index contributed by atoms with van der Waals surface area (Å²) in [5, 5.41) is 3.13. The van der Waals surface area contributed by atoms with Crippen LogP contribution in [-0.4, -0.2) is 31.2 Å². The summed E-state index contributed by atoms with van der Waals surface area (Å²) in [6.07, 6.45) is 7.47. The highest BCUT2D eigenvalue weighted by Crippen LogP contribution is 2.38. The lowest BCUT2D eigenvalue weighted by Gasteiger charge is -2.19. The molecule has 2 aliphatic rings. The van der Waals surface area contributed by atoms with Gasteiger partial charge in [-0.25, -0.2) is 0 Å². The van der Waals surface area contributed by atoms with E-state index in [0.717, 1.165) is 38.8 Å². The van der Waals surface area contributed by atoms with Gasteiger partial charge in [-0.3, -0.25) is 4.79 Å². The van der Waals surface area contributed by atoms with Crippen LogP contribution >= 0.6 is 0 Å². The minimum absolute atomic E-state index is 0.183. The van der Waals surface area contributed by atoms with E-state index in [1.165, 1.54) is 12.8 Å². The van der Waals surface area contributed by atoms with Gasteiger partial charge in [-0.15, -0.1) is 0 Å². The number of nitrogens with two attached hydrogens (primary N) is 1. The Morgan fingerprint density at radius 2 is 2.06 bits per heavy atom. The van der Waals surface area contributed by atoms with Gasteiger partial charge < -0.3 is 15.8 Å². The van der Waals surface area contributed by atoms with Crippen LogP contribution in [0.1, 0.15) is 44.9 Å².